The summed E-state index contributed by atoms with van der Waals surface area (Å²) in [6.45, 7) is 8.88. The predicted molar refractivity (Wildman–Crippen MR) is 101 cm³/mol. The largest absolute Gasteiger partial charge is 0.480 e. The fourth-order valence-electron chi connectivity index (χ4n) is 3.00. The Morgan fingerprint density at radius 1 is 1.36 bits per heavy atom. The first-order valence-electron chi connectivity index (χ1n) is 8.92. The summed E-state index contributed by atoms with van der Waals surface area (Å²) < 4.78 is 11.5. The van der Waals surface area contributed by atoms with Crippen molar-refractivity contribution in [1.29, 1.82) is 0 Å². The molecule has 1 saturated heterocycles. The van der Waals surface area contributed by atoms with Crippen LogP contribution in [0.3, 0.4) is 0 Å². The van der Waals surface area contributed by atoms with Gasteiger partial charge in [0.1, 0.15) is 0 Å². The molecule has 5 nitrogen and oxygen atoms in total. The first-order valence-corrected chi connectivity index (χ1v) is 8.92. The number of rotatable bonds is 9. The van der Waals surface area contributed by atoms with Crippen molar-refractivity contribution in [2.24, 2.45) is 5.92 Å². The molecule has 1 fully saturated rings. The normalized spacial score (nSPS) is 27.5. The van der Waals surface area contributed by atoms with Crippen LogP contribution < -0.4 is 5.32 Å². The number of hydrogen-bond acceptors (Lipinski definition) is 4. The molecular formula is C20H33NO4. The molecule has 0 unspecified atom stereocenters. The molecule has 0 aromatic rings. The molecule has 0 saturated carbocycles. The SMILES string of the molecule is CO[C@@H]1[C@@H](NCC(=O)O)[C@H](/C=C\C=C(/C)CCC=C(C)C)OC[C@@H]1C. The van der Waals surface area contributed by atoms with Gasteiger partial charge < -0.3 is 14.6 Å². The first kappa shape index (κ1) is 21.6. The predicted octanol–water partition coefficient (Wildman–Crippen LogP) is 3.33. The zero-order valence-electron chi connectivity index (χ0n) is 16.1. The molecule has 4 atom stereocenters. The Kier molecular flexibility index (Phi) is 9.71. The van der Waals surface area contributed by atoms with Gasteiger partial charge in [0.25, 0.3) is 0 Å². The number of allylic oxidation sites excluding steroid dienone is 5. The van der Waals surface area contributed by atoms with Crippen LogP contribution in [0.15, 0.2) is 35.5 Å². The molecule has 1 aliphatic rings. The van der Waals surface area contributed by atoms with Gasteiger partial charge in [-0.25, -0.2) is 0 Å². The van der Waals surface area contributed by atoms with E-state index in [1.54, 1.807) is 7.11 Å². The molecule has 0 aliphatic carbocycles. The number of hydrogen-bond donors (Lipinski definition) is 2. The lowest BCUT2D eigenvalue weighted by molar-refractivity contribution is -0.138. The van der Waals surface area contributed by atoms with Crippen LogP contribution in [-0.2, 0) is 14.3 Å². The lowest BCUT2D eigenvalue weighted by Gasteiger charge is -2.40. The summed E-state index contributed by atoms with van der Waals surface area (Å²) in [7, 11) is 1.66. The van der Waals surface area contributed by atoms with E-state index in [0.717, 1.165) is 12.8 Å². The van der Waals surface area contributed by atoms with Gasteiger partial charge in [-0.15, -0.1) is 0 Å². The smallest absolute Gasteiger partial charge is 0.317 e. The minimum atomic E-state index is -0.883. The van der Waals surface area contributed by atoms with E-state index in [2.05, 4.69) is 45.2 Å². The van der Waals surface area contributed by atoms with Crippen molar-refractivity contribution in [3.63, 3.8) is 0 Å². The minimum absolute atomic E-state index is 0.0782. The molecule has 25 heavy (non-hydrogen) atoms. The molecule has 1 aliphatic heterocycles. The van der Waals surface area contributed by atoms with E-state index in [9.17, 15) is 4.79 Å². The van der Waals surface area contributed by atoms with Crippen molar-refractivity contribution >= 4 is 5.97 Å². The van der Waals surface area contributed by atoms with Crippen LogP contribution in [-0.4, -0.2) is 49.6 Å². The summed E-state index contributed by atoms with van der Waals surface area (Å²) in [5, 5.41) is 12.0. The molecule has 0 aromatic carbocycles. The van der Waals surface area contributed by atoms with Crippen molar-refractivity contribution in [3.05, 3.63) is 35.5 Å². The Bertz CT molecular complexity index is 506. The number of nitrogens with one attached hydrogen (secondary N) is 1. The zero-order valence-corrected chi connectivity index (χ0v) is 16.1. The van der Waals surface area contributed by atoms with Gasteiger partial charge >= 0.3 is 5.97 Å². The molecule has 0 spiro atoms. The third-order valence-electron chi connectivity index (χ3n) is 4.35. The van der Waals surface area contributed by atoms with E-state index < -0.39 is 5.97 Å². The van der Waals surface area contributed by atoms with Gasteiger partial charge in [-0.2, -0.15) is 0 Å². The van der Waals surface area contributed by atoms with Crippen molar-refractivity contribution < 1.29 is 19.4 Å². The summed E-state index contributed by atoms with van der Waals surface area (Å²) in [4.78, 5) is 10.9. The number of carbonyl (C=O) groups is 1. The van der Waals surface area contributed by atoms with Gasteiger partial charge in [0.15, 0.2) is 0 Å². The standard InChI is InChI=1S/C20H33NO4/c1-14(2)8-6-9-15(3)10-7-11-17-19(21-12-18(22)23)20(24-5)16(4)13-25-17/h7-8,10-11,16-17,19-21H,6,9,12-13H2,1-5H3,(H,22,23)/b11-7-,15-10+/t16-,17-,19-,20-/m0/s1. The van der Waals surface area contributed by atoms with Crippen molar-refractivity contribution in [2.75, 3.05) is 20.3 Å². The van der Waals surface area contributed by atoms with E-state index in [0.29, 0.717) is 6.61 Å². The Hall–Kier alpha value is -1.43. The Labute approximate surface area is 151 Å². The molecule has 1 rings (SSSR count). The lowest BCUT2D eigenvalue weighted by atomic mass is 9.91. The molecule has 0 bridgehead atoms. The van der Waals surface area contributed by atoms with Gasteiger partial charge in [-0.05, 0) is 33.6 Å². The lowest BCUT2D eigenvalue weighted by Crippen LogP contribution is -2.57. The van der Waals surface area contributed by atoms with Crippen molar-refractivity contribution in [2.45, 2.75) is 58.8 Å². The van der Waals surface area contributed by atoms with E-state index in [-0.39, 0.29) is 30.7 Å². The fourth-order valence-corrected chi connectivity index (χ4v) is 3.00. The van der Waals surface area contributed by atoms with Gasteiger partial charge in [-0.1, -0.05) is 42.4 Å². The van der Waals surface area contributed by atoms with E-state index >= 15 is 0 Å². The van der Waals surface area contributed by atoms with Gasteiger partial charge in [0.2, 0.25) is 0 Å². The maximum atomic E-state index is 10.9. The number of carboxylic acid groups (broad SMARTS) is 1. The van der Waals surface area contributed by atoms with Crippen LogP contribution >= 0.6 is 0 Å². The number of methoxy groups -OCH3 is 1. The average molecular weight is 351 g/mol. The summed E-state index contributed by atoms with van der Waals surface area (Å²) >= 11 is 0. The number of carboxylic acids is 1. The van der Waals surface area contributed by atoms with E-state index in [1.807, 2.05) is 12.2 Å². The van der Waals surface area contributed by atoms with Crippen molar-refractivity contribution in [3.8, 4) is 0 Å². The number of aliphatic carboxylic acids is 1. The Balaban J connectivity index is 2.71. The average Bonchev–Trinajstić information content (AvgIpc) is 2.53. The highest BCUT2D eigenvalue weighted by Gasteiger charge is 2.37. The third-order valence-corrected chi connectivity index (χ3v) is 4.35. The van der Waals surface area contributed by atoms with Crippen LogP contribution in [0.5, 0.6) is 0 Å². The fraction of sp³-hybridized carbons (Fsp3) is 0.650. The molecule has 2 N–H and O–H groups in total. The summed E-state index contributed by atoms with van der Waals surface area (Å²) in [5.74, 6) is -0.673. The van der Waals surface area contributed by atoms with Gasteiger partial charge in [0, 0.05) is 13.0 Å². The molecule has 142 valence electrons. The van der Waals surface area contributed by atoms with Crippen LogP contribution in [0.25, 0.3) is 0 Å². The third kappa shape index (κ3) is 7.99. The van der Waals surface area contributed by atoms with Gasteiger partial charge in [-0.3, -0.25) is 10.1 Å². The van der Waals surface area contributed by atoms with E-state index in [1.165, 1.54) is 11.1 Å². The summed E-state index contributed by atoms with van der Waals surface area (Å²) in [6, 6.07) is -0.180. The molecule has 5 heteroatoms. The highest BCUT2D eigenvalue weighted by Crippen LogP contribution is 2.23. The zero-order chi connectivity index (χ0) is 18.8. The molecule has 0 radical (unpaired) electrons. The number of ether oxygens (including phenoxy) is 2. The topological polar surface area (TPSA) is 67.8 Å². The summed E-state index contributed by atoms with van der Waals surface area (Å²) in [6.07, 6.45) is 10.1. The van der Waals surface area contributed by atoms with E-state index in [4.69, 9.17) is 14.6 Å². The highest BCUT2D eigenvalue weighted by atomic mass is 16.5. The quantitative estimate of drug-likeness (QED) is 0.493. The minimum Gasteiger partial charge on any atom is -0.480 e. The molecule has 0 aromatic heterocycles. The highest BCUT2D eigenvalue weighted by molar-refractivity contribution is 5.69. The first-order chi connectivity index (χ1) is 11.8. The van der Waals surface area contributed by atoms with Crippen LogP contribution in [0, 0.1) is 5.92 Å². The molecular weight excluding hydrogens is 318 g/mol. The maximum Gasteiger partial charge on any atom is 0.317 e. The van der Waals surface area contributed by atoms with Crippen LogP contribution in [0.2, 0.25) is 0 Å². The second kappa shape index (κ2) is 11.2. The second-order valence-corrected chi connectivity index (χ2v) is 6.99. The van der Waals surface area contributed by atoms with Crippen molar-refractivity contribution in [1.82, 2.24) is 5.32 Å². The Morgan fingerprint density at radius 3 is 2.68 bits per heavy atom. The van der Waals surface area contributed by atoms with Gasteiger partial charge in [0.05, 0.1) is 31.4 Å². The monoisotopic (exact) mass is 351 g/mol. The molecule has 0 amide bonds. The maximum absolute atomic E-state index is 10.9. The van der Waals surface area contributed by atoms with Crippen LogP contribution in [0.1, 0.15) is 40.5 Å². The summed E-state index contributed by atoms with van der Waals surface area (Å²) in [5.41, 5.74) is 2.64. The van der Waals surface area contributed by atoms with Crippen LogP contribution in [0.4, 0.5) is 0 Å². The Morgan fingerprint density at radius 2 is 2.08 bits per heavy atom. The molecule has 1 heterocycles. The second-order valence-electron chi connectivity index (χ2n) is 6.99.